The molecular weight excluding hydrogens is 965 g/mol. The van der Waals surface area contributed by atoms with E-state index in [2.05, 4.69) is 110 Å². The van der Waals surface area contributed by atoms with Crippen LogP contribution in [0.2, 0.25) is 18.1 Å². The molecule has 0 amide bonds. The first-order valence-corrected chi connectivity index (χ1v) is 32.7. The number of Topliss-reactive ketones (excluding diaryl/α,β-unsaturated/α-hetero) is 1. The highest BCUT2D eigenvalue weighted by molar-refractivity contribution is 6.73. The maximum Gasteiger partial charge on any atom is 0.312 e. The van der Waals surface area contributed by atoms with Gasteiger partial charge in [0, 0.05) is 18.9 Å². The number of carbonyl (C=O) groups excluding carboxylic acids is 2. The molecule has 5 aliphatic carbocycles. The van der Waals surface area contributed by atoms with Gasteiger partial charge in [0.25, 0.3) is 0 Å². The number of aldehydes is 1. The largest absolute Gasteiger partial charge is 0.481 e. The van der Waals surface area contributed by atoms with Crippen LogP contribution in [0.1, 0.15) is 182 Å². The molecule has 4 saturated carbocycles. The van der Waals surface area contributed by atoms with Gasteiger partial charge in [0.05, 0.1) is 42.5 Å². The number of hydrogen-bond acceptors (Lipinski definition) is 11. The molecule has 12 nitrogen and oxygen atoms in total. The third kappa shape index (κ3) is 9.61. The third-order valence-corrected chi connectivity index (χ3v) is 28.9. The van der Waals surface area contributed by atoms with Crippen LogP contribution in [0.5, 0.6) is 0 Å². The number of allylic oxidation sites excluding steroid dienone is 2. The van der Waals surface area contributed by atoms with Crippen molar-refractivity contribution in [2.24, 2.45) is 85.8 Å². The molecular formula is C62H104O12Si. The first-order chi connectivity index (χ1) is 35.2. The third-order valence-electron chi connectivity index (χ3n) is 24.3. The maximum atomic E-state index is 14.3. The van der Waals surface area contributed by atoms with E-state index >= 15 is 0 Å². The summed E-state index contributed by atoms with van der Waals surface area (Å²) in [4.78, 5) is 41.8. The Balaban J connectivity index is 1.16. The number of fused-ring (bicyclic) bond motifs is 7. The molecule has 13 heteroatoms. The quantitative estimate of drug-likeness (QED) is 0.0679. The zero-order valence-corrected chi connectivity index (χ0v) is 51.0. The van der Waals surface area contributed by atoms with E-state index in [0.29, 0.717) is 37.7 Å². The predicted molar refractivity (Wildman–Crippen MR) is 293 cm³/mol. The maximum absolute atomic E-state index is 14.3. The van der Waals surface area contributed by atoms with Crippen molar-refractivity contribution in [2.45, 2.75) is 262 Å². The van der Waals surface area contributed by atoms with Crippen LogP contribution in [0, 0.1) is 85.8 Å². The van der Waals surface area contributed by atoms with Gasteiger partial charge >= 0.3 is 5.97 Å². The van der Waals surface area contributed by atoms with Crippen LogP contribution < -0.4 is 0 Å². The topological polar surface area (TPSA) is 145 Å². The van der Waals surface area contributed by atoms with Crippen LogP contribution in [-0.2, 0) is 52.0 Å². The van der Waals surface area contributed by atoms with Crippen molar-refractivity contribution in [3.8, 4) is 0 Å². The molecule has 7 fully saturated rings. The van der Waals surface area contributed by atoms with Crippen molar-refractivity contribution >= 4 is 26.4 Å². The first kappa shape index (κ1) is 59.6. The Hall–Kier alpha value is -1.55. The number of rotatable bonds is 16. The lowest BCUT2D eigenvalue weighted by Gasteiger charge is -2.71. The van der Waals surface area contributed by atoms with Gasteiger partial charge in [-0.25, -0.2) is 0 Å². The molecule has 0 radical (unpaired) electrons. The van der Waals surface area contributed by atoms with Gasteiger partial charge in [-0.1, -0.05) is 122 Å². The summed E-state index contributed by atoms with van der Waals surface area (Å²) in [5.41, 5.74) is -1.22. The number of aliphatic carboxylic acids is 1. The summed E-state index contributed by atoms with van der Waals surface area (Å²) in [6.45, 7) is 38.4. The Bertz CT molecular complexity index is 2090. The molecule has 75 heavy (non-hydrogen) atoms. The van der Waals surface area contributed by atoms with Crippen molar-refractivity contribution < 1.29 is 57.1 Å². The molecule has 3 aliphatic heterocycles. The molecule has 0 aromatic carbocycles. The number of carbonyl (C=O) groups is 3. The number of carboxylic acids is 1. The first-order valence-electron chi connectivity index (χ1n) is 30.2. The molecule has 3 heterocycles. The summed E-state index contributed by atoms with van der Waals surface area (Å²) >= 11 is 0. The van der Waals surface area contributed by atoms with E-state index < -0.39 is 80.4 Å². The van der Waals surface area contributed by atoms with E-state index in [1.807, 2.05) is 6.92 Å². The van der Waals surface area contributed by atoms with Crippen LogP contribution in [0.25, 0.3) is 0 Å². The van der Waals surface area contributed by atoms with Gasteiger partial charge in [0.1, 0.15) is 23.9 Å². The second-order valence-corrected chi connectivity index (χ2v) is 32.8. The Morgan fingerprint density at radius 1 is 0.733 bits per heavy atom. The Kier molecular flexibility index (Phi) is 17.3. The lowest BCUT2D eigenvalue weighted by Crippen LogP contribution is -2.68. The highest BCUT2D eigenvalue weighted by atomic mass is 28.4. The summed E-state index contributed by atoms with van der Waals surface area (Å²) in [6, 6.07) is 2.95. The van der Waals surface area contributed by atoms with Crippen LogP contribution in [-0.4, -0.2) is 107 Å². The molecule has 1 N–H and O–H groups in total. The number of methoxy groups -OCH3 is 1. The van der Waals surface area contributed by atoms with Gasteiger partial charge in [-0.05, 0) is 152 Å². The van der Waals surface area contributed by atoms with Gasteiger partial charge in [-0.3, -0.25) is 9.59 Å². The predicted octanol–water partition coefficient (Wildman–Crippen LogP) is 12.8. The molecule has 8 rings (SSSR count). The zero-order valence-electron chi connectivity index (χ0n) is 50.0. The molecule has 0 aromatic heterocycles. The Morgan fingerprint density at radius 3 is 1.99 bits per heavy atom. The van der Waals surface area contributed by atoms with Crippen molar-refractivity contribution in [2.75, 3.05) is 13.7 Å². The van der Waals surface area contributed by atoms with Gasteiger partial charge < -0.3 is 47.5 Å². The second kappa shape index (κ2) is 21.7. The minimum Gasteiger partial charge on any atom is -0.481 e. The fraction of sp³-hybridized carbons (Fsp3) is 0.919. The van der Waals surface area contributed by atoms with E-state index in [4.69, 9.17) is 37.6 Å². The van der Waals surface area contributed by atoms with Crippen molar-refractivity contribution in [3.05, 3.63) is 11.6 Å². The number of ketones is 1. The smallest absolute Gasteiger partial charge is 0.312 e. The normalized spacial score (nSPS) is 49.8. The van der Waals surface area contributed by atoms with Gasteiger partial charge in [0.15, 0.2) is 33.0 Å². The summed E-state index contributed by atoms with van der Waals surface area (Å²) < 4.78 is 56.7. The molecule has 428 valence electrons. The zero-order chi connectivity index (χ0) is 55.2. The lowest BCUT2D eigenvalue weighted by molar-refractivity contribution is -0.376. The van der Waals surface area contributed by atoms with Crippen LogP contribution in [0.4, 0.5) is 0 Å². The average molecular weight is 1070 g/mol. The summed E-state index contributed by atoms with van der Waals surface area (Å²) in [5.74, 6) is -0.0434. The van der Waals surface area contributed by atoms with Crippen molar-refractivity contribution in [1.29, 1.82) is 0 Å². The standard InChI is InChI=1S/C62H104O12Si/c1-19-44-37(7)38(8)51(74-75(20-2,21-3)22-4)54(69-44)73-52-50(72-53-39(9)36(6)35(5)33-68-53)40(10)49(41(11)64)71-55(52)70-47-26-27-58(14)45(59(47,15)34-63)25-28-60(16)46(58)24-23-42-43-31-57(12,13)29-30-62(43,56(65)66)48(67-18)32-61(42,60)17/h23,34-40,43-55H,19-22,24-33H2,1-18H3,(H,65,66)/t35-,36-,37+,38+,39?,40-,43?,44?,45-,46?,47+,48?,49?,50+,51?,52?,53+,54+,55-,58?,59-,60+,61-,62-/m1/s1. The van der Waals surface area contributed by atoms with Crippen LogP contribution in [0.3, 0.4) is 0 Å². The minimum atomic E-state index is -2.18. The van der Waals surface area contributed by atoms with E-state index in [9.17, 15) is 19.5 Å². The number of hydrogen-bond donors (Lipinski definition) is 1. The van der Waals surface area contributed by atoms with E-state index in [1.165, 1.54) is 11.9 Å². The fourth-order valence-corrected chi connectivity index (χ4v) is 21.1. The molecule has 0 bridgehead atoms. The van der Waals surface area contributed by atoms with Gasteiger partial charge in [-0.2, -0.15) is 0 Å². The van der Waals surface area contributed by atoms with E-state index in [-0.39, 0.29) is 75.2 Å². The molecule has 24 atom stereocenters. The lowest BCUT2D eigenvalue weighted by atomic mass is 9.33. The molecule has 0 spiro atoms. The molecule has 0 aromatic rings. The average Bonchev–Trinajstić information content (AvgIpc) is 3.37. The SMILES string of the molecule is CCC1O[C@@H](OC2[C@H](O[C@H]3CCC4(C)C5CC=C6C7CC(C)(C)CC[C@]7(C(=O)O)C(OC)C[C@@]6(C)[C@@]5(C)CC[C@H]4[C@@]3(C)C=O)OC(C(C)=O)[C@@H](C)[C@@H]2O[C@@H]2OC[C@@H](C)[C@@H](C)C2C)C(O[Si](CC)(CC)CC)[C@@H](C)[C@@H]1C. The van der Waals surface area contributed by atoms with Crippen LogP contribution >= 0.6 is 0 Å². The fourth-order valence-electron chi connectivity index (χ4n) is 18.2. The molecule has 3 saturated heterocycles. The number of ether oxygens (including phenoxy) is 7. The van der Waals surface area contributed by atoms with Gasteiger partial charge in [0.2, 0.25) is 0 Å². The summed E-state index contributed by atoms with van der Waals surface area (Å²) in [5, 5.41) is 11.2. The van der Waals surface area contributed by atoms with Crippen LogP contribution in [0.15, 0.2) is 11.6 Å². The second-order valence-electron chi connectivity index (χ2n) is 28.1. The highest BCUT2D eigenvalue weighted by Gasteiger charge is 2.72. The Labute approximate surface area is 454 Å². The van der Waals surface area contributed by atoms with E-state index in [0.717, 1.165) is 63.1 Å². The van der Waals surface area contributed by atoms with Gasteiger partial charge in [-0.15, -0.1) is 0 Å². The molecule has 9 unspecified atom stereocenters. The van der Waals surface area contributed by atoms with E-state index in [1.54, 1.807) is 14.0 Å². The summed E-state index contributed by atoms with van der Waals surface area (Å²) in [6.07, 6.45) is 5.25. The monoisotopic (exact) mass is 1070 g/mol. The summed E-state index contributed by atoms with van der Waals surface area (Å²) in [7, 11) is -0.458. The van der Waals surface area contributed by atoms with Crippen molar-refractivity contribution in [1.82, 2.24) is 0 Å². The molecule has 8 aliphatic rings. The highest BCUT2D eigenvalue weighted by Crippen LogP contribution is 2.76. The minimum absolute atomic E-state index is 0.0209. The number of carboxylic acid groups (broad SMARTS) is 1. The Morgan fingerprint density at radius 2 is 1.39 bits per heavy atom. The van der Waals surface area contributed by atoms with Crippen molar-refractivity contribution in [3.63, 3.8) is 0 Å².